The second kappa shape index (κ2) is 8.08. The number of hydrogen-bond donors (Lipinski definition) is 2. The maximum absolute atomic E-state index is 13.4. The molecule has 152 valence electrons. The number of aliphatic hydroxyl groups excluding tert-OH is 1. The van der Waals surface area contributed by atoms with Crippen LogP contribution in [0.25, 0.3) is 22.3 Å². The SMILES string of the molecule is CNC(=O)c1c(-c2ccc(F)cc2)oc2cc(N(CCO)SC)c(C3CC3)cc12. The summed E-state index contributed by atoms with van der Waals surface area (Å²) in [6.45, 7) is 0.547. The lowest BCUT2D eigenvalue weighted by molar-refractivity contribution is 0.0964. The third kappa shape index (κ3) is 3.72. The molecule has 1 aromatic heterocycles. The molecule has 0 bridgehead atoms. The Morgan fingerprint density at radius 2 is 2.03 bits per heavy atom. The summed E-state index contributed by atoms with van der Waals surface area (Å²) in [5, 5.41) is 12.9. The van der Waals surface area contributed by atoms with Crippen LogP contribution in [0.2, 0.25) is 0 Å². The monoisotopic (exact) mass is 414 g/mol. The highest BCUT2D eigenvalue weighted by atomic mass is 32.2. The summed E-state index contributed by atoms with van der Waals surface area (Å²) in [5.74, 6) is 0.291. The highest BCUT2D eigenvalue weighted by Crippen LogP contribution is 2.48. The van der Waals surface area contributed by atoms with Crippen molar-refractivity contribution < 1.29 is 18.7 Å². The molecule has 0 unspecified atom stereocenters. The second-order valence-corrected chi connectivity index (χ2v) is 7.89. The molecule has 0 spiro atoms. The predicted molar refractivity (Wildman–Crippen MR) is 115 cm³/mol. The highest BCUT2D eigenvalue weighted by Gasteiger charge is 2.31. The number of benzene rings is 2. The number of carbonyl (C=O) groups excluding carboxylic acids is 1. The average molecular weight is 415 g/mol. The Morgan fingerprint density at radius 1 is 1.31 bits per heavy atom. The summed E-state index contributed by atoms with van der Waals surface area (Å²) < 4.78 is 21.6. The van der Waals surface area contributed by atoms with Gasteiger partial charge in [0.1, 0.15) is 17.2 Å². The molecule has 3 aromatic rings. The molecule has 0 radical (unpaired) electrons. The number of anilines is 1. The molecule has 0 saturated heterocycles. The van der Waals surface area contributed by atoms with E-state index in [9.17, 15) is 14.3 Å². The number of nitrogens with one attached hydrogen (secondary N) is 1. The number of nitrogens with zero attached hydrogens (tertiary/aromatic N) is 1. The van der Waals surface area contributed by atoms with E-state index < -0.39 is 0 Å². The van der Waals surface area contributed by atoms with Gasteiger partial charge < -0.3 is 19.1 Å². The average Bonchev–Trinajstić information content (AvgIpc) is 3.51. The third-order valence-electron chi connectivity index (χ3n) is 5.21. The summed E-state index contributed by atoms with van der Waals surface area (Å²) in [5.41, 5.74) is 3.87. The van der Waals surface area contributed by atoms with Crippen LogP contribution < -0.4 is 9.62 Å². The standard InChI is InChI=1S/C22H23FN2O3S/c1-24-22(27)20-17-11-16(13-3-4-13)18(25(29-2)9-10-26)12-19(17)28-21(20)14-5-7-15(23)8-6-14/h5-8,11-13,26H,3-4,9-10H2,1-2H3,(H,24,27). The molecule has 2 N–H and O–H groups in total. The van der Waals surface area contributed by atoms with E-state index in [1.807, 2.05) is 22.7 Å². The lowest BCUT2D eigenvalue weighted by Crippen LogP contribution is -2.20. The fourth-order valence-electron chi connectivity index (χ4n) is 3.64. The van der Waals surface area contributed by atoms with Gasteiger partial charge in [0.05, 0.1) is 24.4 Å². The number of halogens is 1. The predicted octanol–water partition coefficient (Wildman–Crippen LogP) is 4.55. The molecule has 1 fully saturated rings. The quantitative estimate of drug-likeness (QED) is 0.555. The summed E-state index contributed by atoms with van der Waals surface area (Å²) >= 11 is 1.55. The van der Waals surface area contributed by atoms with E-state index in [-0.39, 0.29) is 18.3 Å². The molecule has 1 aliphatic rings. The minimum atomic E-state index is -0.343. The van der Waals surface area contributed by atoms with Crippen LogP contribution in [0.15, 0.2) is 40.8 Å². The van der Waals surface area contributed by atoms with Gasteiger partial charge in [0.15, 0.2) is 0 Å². The van der Waals surface area contributed by atoms with Crippen molar-refractivity contribution in [3.63, 3.8) is 0 Å². The van der Waals surface area contributed by atoms with Gasteiger partial charge in [-0.2, -0.15) is 0 Å². The minimum Gasteiger partial charge on any atom is -0.455 e. The van der Waals surface area contributed by atoms with E-state index in [4.69, 9.17) is 4.42 Å². The van der Waals surface area contributed by atoms with Crippen LogP contribution in [0.3, 0.4) is 0 Å². The van der Waals surface area contributed by atoms with Crippen molar-refractivity contribution in [1.82, 2.24) is 5.32 Å². The van der Waals surface area contributed by atoms with E-state index in [0.29, 0.717) is 34.9 Å². The number of fused-ring (bicyclic) bond motifs is 1. The summed E-state index contributed by atoms with van der Waals surface area (Å²) in [6.07, 6.45) is 4.19. The van der Waals surface area contributed by atoms with E-state index in [1.165, 1.54) is 12.1 Å². The van der Waals surface area contributed by atoms with Gasteiger partial charge in [0, 0.05) is 30.3 Å². The van der Waals surface area contributed by atoms with Crippen LogP contribution in [-0.4, -0.2) is 37.5 Å². The molecular formula is C22H23FN2O3S. The lowest BCUT2D eigenvalue weighted by Gasteiger charge is -2.23. The fourth-order valence-corrected chi connectivity index (χ4v) is 4.26. The van der Waals surface area contributed by atoms with E-state index >= 15 is 0 Å². The van der Waals surface area contributed by atoms with Gasteiger partial charge in [-0.3, -0.25) is 4.79 Å². The number of aliphatic hydroxyl groups is 1. The molecule has 2 aromatic carbocycles. The van der Waals surface area contributed by atoms with Crippen LogP contribution in [0.1, 0.15) is 34.7 Å². The van der Waals surface area contributed by atoms with E-state index in [0.717, 1.165) is 29.5 Å². The zero-order chi connectivity index (χ0) is 20.5. The smallest absolute Gasteiger partial charge is 0.255 e. The van der Waals surface area contributed by atoms with Crippen molar-refractivity contribution in [2.24, 2.45) is 0 Å². The Hall–Kier alpha value is -2.51. The molecule has 0 aliphatic heterocycles. The van der Waals surface area contributed by atoms with Gasteiger partial charge in [0.25, 0.3) is 5.91 Å². The molecule has 29 heavy (non-hydrogen) atoms. The Balaban J connectivity index is 1.95. The number of amides is 1. The first-order chi connectivity index (χ1) is 14.1. The first-order valence-corrected chi connectivity index (χ1v) is 10.8. The summed E-state index contributed by atoms with van der Waals surface area (Å²) in [7, 11) is 1.59. The molecule has 1 heterocycles. The second-order valence-electron chi connectivity index (χ2n) is 7.08. The van der Waals surface area contributed by atoms with Crippen molar-refractivity contribution in [2.75, 3.05) is 30.8 Å². The van der Waals surface area contributed by atoms with Crippen molar-refractivity contribution in [1.29, 1.82) is 0 Å². The Morgan fingerprint density at radius 3 is 2.62 bits per heavy atom. The number of carbonyl (C=O) groups is 1. The molecular weight excluding hydrogens is 391 g/mol. The molecule has 7 heteroatoms. The van der Waals surface area contributed by atoms with E-state index in [1.54, 1.807) is 31.1 Å². The van der Waals surface area contributed by atoms with Gasteiger partial charge in [0.2, 0.25) is 0 Å². The maximum atomic E-state index is 13.4. The van der Waals surface area contributed by atoms with Gasteiger partial charge in [-0.25, -0.2) is 4.39 Å². The van der Waals surface area contributed by atoms with Crippen LogP contribution in [0.5, 0.6) is 0 Å². The summed E-state index contributed by atoms with van der Waals surface area (Å²) in [4.78, 5) is 12.7. The van der Waals surface area contributed by atoms with Gasteiger partial charge in [-0.1, -0.05) is 11.9 Å². The van der Waals surface area contributed by atoms with Gasteiger partial charge in [-0.05, 0) is 54.7 Å². The molecule has 4 rings (SSSR count). The zero-order valence-corrected chi connectivity index (χ0v) is 17.2. The van der Waals surface area contributed by atoms with Gasteiger partial charge >= 0.3 is 0 Å². The van der Waals surface area contributed by atoms with Crippen molar-refractivity contribution >= 4 is 34.5 Å². The Kier molecular flexibility index (Phi) is 5.52. The summed E-state index contributed by atoms with van der Waals surface area (Å²) in [6, 6.07) is 9.94. The molecule has 1 saturated carbocycles. The number of rotatable bonds is 7. The zero-order valence-electron chi connectivity index (χ0n) is 16.4. The fraction of sp³-hybridized carbons (Fsp3) is 0.318. The van der Waals surface area contributed by atoms with E-state index in [2.05, 4.69) is 5.32 Å². The largest absolute Gasteiger partial charge is 0.455 e. The lowest BCUT2D eigenvalue weighted by atomic mass is 10.0. The normalized spacial score (nSPS) is 13.7. The molecule has 5 nitrogen and oxygen atoms in total. The first kappa shape index (κ1) is 19.8. The molecule has 1 aliphatic carbocycles. The number of furan rings is 1. The van der Waals surface area contributed by atoms with Crippen LogP contribution >= 0.6 is 11.9 Å². The molecule has 0 atom stereocenters. The van der Waals surface area contributed by atoms with Crippen LogP contribution in [0, 0.1) is 5.82 Å². The topological polar surface area (TPSA) is 65.7 Å². The Bertz CT molecular complexity index is 1040. The van der Waals surface area contributed by atoms with Crippen LogP contribution in [-0.2, 0) is 0 Å². The van der Waals surface area contributed by atoms with Crippen LogP contribution in [0.4, 0.5) is 10.1 Å². The Labute approximate surface area is 173 Å². The van der Waals surface area contributed by atoms with Crippen molar-refractivity contribution in [2.45, 2.75) is 18.8 Å². The van der Waals surface area contributed by atoms with Crippen molar-refractivity contribution in [3.8, 4) is 11.3 Å². The molecule has 1 amide bonds. The third-order valence-corrected chi connectivity index (χ3v) is 6.03. The highest BCUT2D eigenvalue weighted by molar-refractivity contribution is 7.99. The number of hydrogen-bond acceptors (Lipinski definition) is 5. The minimum absolute atomic E-state index is 0.0471. The first-order valence-electron chi connectivity index (χ1n) is 9.58. The maximum Gasteiger partial charge on any atom is 0.255 e. The van der Waals surface area contributed by atoms with Crippen molar-refractivity contribution in [3.05, 3.63) is 53.3 Å². The van der Waals surface area contributed by atoms with Gasteiger partial charge in [-0.15, -0.1) is 0 Å².